The molecule has 9 heteroatoms. The number of rotatable bonds is 6. The molecule has 0 fully saturated rings. The standard InChI is InChI=1S/C28H27FN4O3S/c1-16(2)33-13-12-23-21(14-33)25(20-6-4-5-7-22(20)30-23)27(35)36-17(3)26(34)32-28-31-24(15-37-28)18-8-10-19(29)11-9-18/h4-11,15-17H,12-14H2,1-3H3,(H,31,32,34). The third kappa shape index (κ3) is 5.23. The summed E-state index contributed by atoms with van der Waals surface area (Å²) in [7, 11) is 0. The molecule has 7 nitrogen and oxygen atoms in total. The van der Waals surface area contributed by atoms with Crippen LogP contribution in [0.3, 0.4) is 0 Å². The number of esters is 1. The van der Waals surface area contributed by atoms with Crippen LogP contribution in [0.5, 0.6) is 0 Å². The zero-order valence-electron chi connectivity index (χ0n) is 20.8. The van der Waals surface area contributed by atoms with Crippen LogP contribution in [0.25, 0.3) is 22.2 Å². The van der Waals surface area contributed by atoms with Crippen molar-refractivity contribution in [2.45, 2.75) is 45.9 Å². The number of ether oxygens (including phenoxy) is 1. The van der Waals surface area contributed by atoms with Gasteiger partial charge in [0.15, 0.2) is 11.2 Å². The van der Waals surface area contributed by atoms with E-state index in [-0.39, 0.29) is 5.82 Å². The van der Waals surface area contributed by atoms with Gasteiger partial charge < -0.3 is 4.74 Å². The van der Waals surface area contributed by atoms with Crippen molar-refractivity contribution in [2.24, 2.45) is 0 Å². The monoisotopic (exact) mass is 518 g/mol. The van der Waals surface area contributed by atoms with E-state index in [9.17, 15) is 14.0 Å². The van der Waals surface area contributed by atoms with Crippen molar-refractivity contribution in [3.05, 3.63) is 76.5 Å². The summed E-state index contributed by atoms with van der Waals surface area (Å²) in [5.41, 5.74) is 4.32. The third-order valence-corrected chi connectivity index (χ3v) is 7.30. The van der Waals surface area contributed by atoms with Gasteiger partial charge in [0.2, 0.25) is 0 Å². The van der Waals surface area contributed by atoms with Gasteiger partial charge in [-0.1, -0.05) is 18.2 Å². The Balaban J connectivity index is 1.35. The van der Waals surface area contributed by atoms with E-state index >= 15 is 0 Å². The Morgan fingerprint density at radius 2 is 1.84 bits per heavy atom. The van der Waals surface area contributed by atoms with Gasteiger partial charge in [0, 0.05) is 53.1 Å². The van der Waals surface area contributed by atoms with Gasteiger partial charge in [-0.3, -0.25) is 20.0 Å². The molecule has 1 N–H and O–H groups in total. The highest BCUT2D eigenvalue weighted by molar-refractivity contribution is 7.14. The molecule has 4 aromatic rings. The molecule has 1 aliphatic rings. The summed E-state index contributed by atoms with van der Waals surface area (Å²) in [5, 5.41) is 5.57. The van der Waals surface area contributed by atoms with Crippen molar-refractivity contribution in [1.82, 2.24) is 14.9 Å². The van der Waals surface area contributed by atoms with Crippen LogP contribution in [0.2, 0.25) is 0 Å². The number of carbonyl (C=O) groups is 2. The Hall–Kier alpha value is -3.69. The number of hydrogen-bond donors (Lipinski definition) is 1. The van der Waals surface area contributed by atoms with E-state index in [4.69, 9.17) is 9.72 Å². The Labute approximate surface area is 218 Å². The smallest absolute Gasteiger partial charge is 0.339 e. The molecule has 0 saturated carbocycles. The molecule has 0 saturated heterocycles. The van der Waals surface area contributed by atoms with E-state index in [2.05, 4.69) is 29.0 Å². The van der Waals surface area contributed by atoms with Crippen LogP contribution in [-0.4, -0.2) is 45.4 Å². The van der Waals surface area contributed by atoms with Crippen molar-refractivity contribution in [1.29, 1.82) is 0 Å². The summed E-state index contributed by atoms with van der Waals surface area (Å²) < 4.78 is 18.9. The van der Waals surface area contributed by atoms with E-state index in [1.54, 1.807) is 17.5 Å². The van der Waals surface area contributed by atoms with Crippen LogP contribution in [0.4, 0.5) is 9.52 Å². The Morgan fingerprint density at radius 3 is 2.59 bits per heavy atom. The minimum Gasteiger partial charge on any atom is -0.449 e. The normalized spacial score (nSPS) is 14.4. The largest absolute Gasteiger partial charge is 0.449 e. The van der Waals surface area contributed by atoms with Gasteiger partial charge >= 0.3 is 5.97 Å². The van der Waals surface area contributed by atoms with Gasteiger partial charge in [-0.25, -0.2) is 14.2 Å². The van der Waals surface area contributed by atoms with E-state index in [0.29, 0.717) is 34.4 Å². The molecule has 0 radical (unpaired) electrons. The second-order valence-corrected chi connectivity index (χ2v) is 10.2. The van der Waals surface area contributed by atoms with Gasteiger partial charge in [-0.2, -0.15) is 0 Å². The van der Waals surface area contributed by atoms with Gasteiger partial charge in [-0.05, 0) is 51.1 Å². The van der Waals surface area contributed by atoms with E-state index in [1.165, 1.54) is 30.4 Å². The number of nitrogens with zero attached hydrogens (tertiary/aromatic N) is 3. The number of amides is 1. The summed E-state index contributed by atoms with van der Waals surface area (Å²) in [6.45, 7) is 7.27. The molecule has 3 heterocycles. The zero-order chi connectivity index (χ0) is 26.1. The first-order valence-corrected chi connectivity index (χ1v) is 13.1. The van der Waals surface area contributed by atoms with Gasteiger partial charge in [0.1, 0.15) is 5.82 Å². The second-order valence-electron chi connectivity index (χ2n) is 9.33. The molecule has 0 aliphatic carbocycles. The SMILES string of the molecule is CC(OC(=O)c1c2c(nc3ccccc13)CCN(C(C)C)C2)C(=O)Nc1nc(-c2ccc(F)cc2)cs1. The minimum atomic E-state index is -1.04. The topological polar surface area (TPSA) is 84.4 Å². The number of pyridine rings is 1. The van der Waals surface area contributed by atoms with Crippen LogP contribution in [0.15, 0.2) is 53.9 Å². The van der Waals surface area contributed by atoms with E-state index < -0.39 is 18.0 Å². The second kappa shape index (κ2) is 10.4. The number of hydrogen-bond acceptors (Lipinski definition) is 7. The lowest BCUT2D eigenvalue weighted by Crippen LogP contribution is -2.37. The molecule has 37 heavy (non-hydrogen) atoms. The number of halogens is 1. The minimum absolute atomic E-state index is 0.325. The number of benzene rings is 2. The first-order valence-electron chi connectivity index (χ1n) is 12.2. The highest BCUT2D eigenvalue weighted by Crippen LogP contribution is 2.30. The van der Waals surface area contributed by atoms with Crippen molar-refractivity contribution in [3.8, 4) is 11.3 Å². The molecule has 1 amide bonds. The number of nitrogens with one attached hydrogen (secondary N) is 1. The summed E-state index contributed by atoms with van der Waals surface area (Å²) in [4.78, 5) is 37.9. The Bertz CT molecular complexity index is 1470. The maximum absolute atomic E-state index is 13.5. The van der Waals surface area contributed by atoms with E-state index in [1.807, 2.05) is 24.3 Å². The van der Waals surface area contributed by atoms with Gasteiger partial charge in [0.05, 0.1) is 16.8 Å². The number of anilines is 1. The zero-order valence-corrected chi connectivity index (χ0v) is 21.6. The van der Waals surface area contributed by atoms with Crippen LogP contribution in [0, 0.1) is 5.82 Å². The van der Waals surface area contributed by atoms with Gasteiger partial charge in [-0.15, -0.1) is 11.3 Å². The fraction of sp³-hybridized carbons (Fsp3) is 0.286. The summed E-state index contributed by atoms with van der Waals surface area (Å²) in [6.07, 6.45) is -0.298. The molecule has 1 unspecified atom stereocenters. The number of thiazole rings is 1. The molecule has 190 valence electrons. The fourth-order valence-electron chi connectivity index (χ4n) is 4.45. The Morgan fingerprint density at radius 1 is 1.08 bits per heavy atom. The van der Waals surface area contributed by atoms with Crippen LogP contribution < -0.4 is 5.32 Å². The van der Waals surface area contributed by atoms with Crippen LogP contribution in [0.1, 0.15) is 42.4 Å². The number of para-hydroxylation sites is 1. The number of fused-ring (bicyclic) bond motifs is 2. The van der Waals surface area contributed by atoms with E-state index in [0.717, 1.165) is 35.3 Å². The van der Waals surface area contributed by atoms with Crippen molar-refractivity contribution in [3.63, 3.8) is 0 Å². The quantitative estimate of drug-likeness (QED) is 0.342. The van der Waals surface area contributed by atoms with Crippen LogP contribution in [-0.2, 0) is 22.5 Å². The maximum Gasteiger partial charge on any atom is 0.339 e. The number of aromatic nitrogens is 2. The van der Waals surface area contributed by atoms with Gasteiger partial charge in [0.25, 0.3) is 5.91 Å². The average Bonchev–Trinajstić information content (AvgIpc) is 3.35. The van der Waals surface area contributed by atoms with Crippen molar-refractivity contribution in [2.75, 3.05) is 11.9 Å². The Kier molecular flexibility index (Phi) is 6.99. The molecule has 2 aromatic carbocycles. The predicted molar refractivity (Wildman–Crippen MR) is 142 cm³/mol. The molecule has 5 rings (SSSR count). The molecule has 0 bridgehead atoms. The molecule has 1 aliphatic heterocycles. The lowest BCUT2D eigenvalue weighted by molar-refractivity contribution is -0.123. The first kappa shape index (κ1) is 25.0. The lowest BCUT2D eigenvalue weighted by atomic mass is 9.95. The lowest BCUT2D eigenvalue weighted by Gasteiger charge is -2.32. The molecule has 2 aromatic heterocycles. The maximum atomic E-state index is 13.5. The summed E-state index contributed by atoms with van der Waals surface area (Å²) in [6, 6.07) is 13.8. The summed E-state index contributed by atoms with van der Waals surface area (Å²) >= 11 is 1.24. The first-order chi connectivity index (χ1) is 17.8. The van der Waals surface area contributed by atoms with Crippen molar-refractivity contribution < 1.29 is 18.7 Å². The van der Waals surface area contributed by atoms with Crippen LogP contribution >= 0.6 is 11.3 Å². The molecule has 0 spiro atoms. The van der Waals surface area contributed by atoms with Crippen molar-refractivity contribution >= 4 is 39.2 Å². The highest BCUT2D eigenvalue weighted by atomic mass is 32.1. The highest BCUT2D eigenvalue weighted by Gasteiger charge is 2.29. The molecular weight excluding hydrogens is 491 g/mol. The molecular formula is C28H27FN4O3S. The third-order valence-electron chi connectivity index (χ3n) is 6.54. The average molecular weight is 519 g/mol. The summed E-state index contributed by atoms with van der Waals surface area (Å²) in [5.74, 6) is -1.36. The fourth-order valence-corrected chi connectivity index (χ4v) is 5.17. The molecule has 1 atom stereocenters. The number of carbonyl (C=O) groups excluding carboxylic acids is 2. The predicted octanol–water partition coefficient (Wildman–Crippen LogP) is 5.45.